The van der Waals surface area contributed by atoms with Crippen molar-refractivity contribution in [2.75, 3.05) is 13.2 Å². The van der Waals surface area contributed by atoms with Crippen molar-refractivity contribution in [2.24, 2.45) is 34.5 Å². The molecule has 0 bridgehead atoms. The topological polar surface area (TPSA) is 65.0 Å². The van der Waals surface area contributed by atoms with Crippen LogP contribution in [0.25, 0.3) is 0 Å². The van der Waals surface area contributed by atoms with Crippen molar-refractivity contribution < 1.29 is 24.1 Å². The van der Waals surface area contributed by atoms with Gasteiger partial charge in [0.05, 0.1) is 19.3 Å². The molecule has 8 atom stereocenters. The number of hydrogen-bond acceptors (Lipinski definition) is 5. The van der Waals surface area contributed by atoms with Gasteiger partial charge >= 0.3 is 5.97 Å². The quantitative estimate of drug-likeness (QED) is 0.690. The summed E-state index contributed by atoms with van der Waals surface area (Å²) in [5, 5.41) is 11.2. The maximum absolute atomic E-state index is 11.4. The molecule has 0 aromatic rings. The third-order valence-electron chi connectivity index (χ3n) is 9.76. The van der Waals surface area contributed by atoms with E-state index < -0.39 is 0 Å². The molecule has 5 aliphatic rings. The number of hydrogen-bond donors (Lipinski definition) is 1. The Morgan fingerprint density at radius 3 is 2.39 bits per heavy atom. The third kappa shape index (κ3) is 2.51. The summed E-state index contributed by atoms with van der Waals surface area (Å²) < 4.78 is 18.0. The van der Waals surface area contributed by atoms with Gasteiger partial charge < -0.3 is 19.3 Å². The van der Waals surface area contributed by atoms with Crippen LogP contribution < -0.4 is 0 Å². The van der Waals surface area contributed by atoms with Crippen LogP contribution in [0.2, 0.25) is 0 Å². The van der Waals surface area contributed by atoms with Gasteiger partial charge in [0.25, 0.3) is 0 Å². The van der Waals surface area contributed by atoms with Crippen molar-refractivity contribution in [2.45, 2.75) is 90.1 Å². The molecular formula is C23H36O5. The number of aliphatic hydroxyl groups excluding tert-OH is 1. The van der Waals surface area contributed by atoms with Gasteiger partial charge in [-0.2, -0.15) is 0 Å². The van der Waals surface area contributed by atoms with Gasteiger partial charge in [-0.1, -0.05) is 13.8 Å². The summed E-state index contributed by atoms with van der Waals surface area (Å²) >= 11 is 0. The van der Waals surface area contributed by atoms with Crippen molar-refractivity contribution in [3.05, 3.63) is 0 Å². The molecule has 0 aromatic carbocycles. The minimum atomic E-state index is -0.377. The van der Waals surface area contributed by atoms with Crippen LogP contribution in [-0.2, 0) is 19.0 Å². The second-order valence-corrected chi connectivity index (χ2v) is 10.7. The fraction of sp³-hybridized carbons (Fsp3) is 0.957. The van der Waals surface area contributed by atoms with Gasteiger partial charge in [-0.3, -0.25) is 4.79 Å². The first-order valence-electron chi connectivity index (χ1n) is 11.4. The lowest BCUT2D eigenvalue weighted by Crippen LogP contribution is -2.60. The largest absolute Gasteiger partial charge is 0.463 e. The van der Waals surface area contributed by atoms with Crippen molar-refractivity contribution >= 4 is 5.97 Å². The predicted octanol–water partition coefficient (Wildman–Crippen LogP) is 3.67. The lowest BCUT2D eigenvalue weighted by molar-refractivity contribution is -0.253. The van der Waals surface area contributed by atoms with Crippen LogP contribution in [-0.4, -0.2) is 42.3 Å². The van der Waals surface area contributed by atoms with Gasteiger partial charge in [0.2, 0.25) is 0 Å². The highest BCUT2D eigenvalue weighted by molar-refractivity contribution is 5.66. The van der Waals surface area contributed by atoms with Crippen molar-refractivity contribution in [3.8, 4) is 0 Å². The fourth-order valence-corrected chi connectivity index (χ4v) is 8.49. The Kier molecular flexibility index (Phi) is 4.43. The van der Waals surface area contributed by atoms with E-state index in [1.807, 2.05) is 0 Å². The Morgan fingerprint density at radius 1 is 0.964 bits per heavy atom. The van der Waals surface area contributed by atoms with Crippen molar-refractivity contribution in [1.82, 2.24) is 0 Å². The van der Waals surface area contributed by atoms with Gasteiger partial charge in [-0.05, 0) is 74.0 Å². The molecular weight excluding hydrogens is 356 g/mol. The van der Waals surface area contributed by atoms with Crippen LogP contribution in [0.3, 0.4) is 0 Å². The van der Waals surface area contributed by atoms with Gasteiger partial charge in [0.15, 0.2) is 5.79 Å². The molecule has 1 aliphatic heterocycles. The molecule has 5 rings (SSSR count). The maximum Gasteiger partial charge on any atom is 0.302 e. The van der Waals surface area contributed by atoms with Gasteiger partial charge in [-0.15, -0.1) is 0 Å². The van der Waals surface area contributed by atoms with Crippen LogP contribution in [0.5, 0.6) is 0 Å². The van der Waals surface area contributed by atoms with E-state index in [-0.39, 0.29) is 40.7 Å². The summed E-state index contributed by atoms with van der Waals surface area (Å²) in [5.74, 6) is 1.44. The average Bonchev–Trinajstić information content (AvgIpc) is 3.23. The lowest BCUT2D eigenvalue weighted by Gasteiger charge is -2.62. The molecule has 5 heteroatoms. The molecule has 5 fully saturated rings. The van der Waals surface area contributed by atoms with Crippen LogP contribution >= 0.6 is 0 Å². The number of rotatable bonds is 1. The zero-order valence-corrected chi connectivity index (χ0v) is 17.6. The molecule has 1 heterocycles. The first kappa shape index (κ1) is 19.3. The molecule has 0 aromatic heterocycles. The van der Waals surface area contributed by atoms with Gasteiger partial charge in [-0.25, -0.2) is 0 Å². The van der Waals surface area contributed by atoms with E-state index in [9.17, 15) is 9.90 Å². The zero-order chi connectivity index (χ0) is 19.7. The highest BCUT2D eigenvalue weighted by Gasteiger charge is 2.68. The molecule has 4 saturated carbocycles. The first-order chi connectivity index (χ1) is 13.3. The van der Waals surface area contributed by atoms with Crippen molar-refractivity contribution in [3.63, 3.8) is 0 Å². The van der Waals surface area contributed by atoms with E-state index in [0.717, 1.165) is 58.2 Å². The second-order valence-electron chi connectivity index (χ2n) is 10.7. The van der Waals surface area contributed by atoms with Crippen LogP contribution in [0, 0.1) is 34.5 Å². The zero-order valence-electron chi connectivity index (χ0n) is 17.6. The van der Waals surface area contributed by atoms with Crippen LogP contribution in [0.15, 0.2) is 0 Å². The number of carbonyl (C=O) groups excluding carboxylic acids is 1. The number of aliphatic hydroxyl groups is 1. The average molecular weight is 393 g/mol. The van der Waals surface area contributed by atoms with E-state index in [2.05, 4.69) is 13.8 Å². The van der Waals surface area contributed by atoms with E-state index in [0.29, 0.717) is 17.8 Å². The summed E-state index contributed by atoms with van der Waals surface area (Å²) in [7, 11) is 0. The third-order valence-corrected chi connectivity index (χ3v) is 9.76. The molecule has 1 spiro atoms. The highest BCUT2D eigenvalue weighted by Crippen LogP contribution is 2.69. The molecule has 0 amide bonds. The molecule has 28 heavy (non-hydrogen) atoms. The monoisotopic (exact) mass is 392 g/mol. The molecule has 5 nitrogen and oxygen atoms in total. The van der Waals surface area contributed by atoms with Crippen molar-refractivity contribution in [1.29, 1.82) is 0 Å². The standard InChI is InChI=1S/C23H36O5/c1-14(24)28-15-4-7-21(2)17-5-8-22(3)18(6-9-23(22)26-10-11-27-23)16(17)13-20(25)19(21)12-15/h15-20,25H,4-13H2,1-3H3/t15-,16+,17-,18-,19+,20-,21+,22-/m0/s1. The molecule has 0 unspecified atom stereocenters. The van der Waals surface area contributed by atoms with Crippen LogP contribution in [0.1, 0.15) is 72.1 Å². The second kappa shape index (κ2) is 6.42. The van der Waals surface area contributed by atoms with E-state index in [1.54, 1.807) is 0 Å². The van der Waals surface area contributed by atoms with E-state index in [4.69, 9.17) is 14.2 Å². The van der Waals surface area contributed by atoms with Gasteiger partial charge in [0.1, 0.15) is 6.10 Å². The fourth-order valence-electron chi connectivity index (χ4n) is 8.49. The number of fused-ring (bicyclic) bond motifs is 6. The summed E-state index contributed by atoms with van der Waals surface area (Å²) in [4.78, 5) is 11.4. The SMILES string of the molecule is CC(=O)O[C@H]1CC[C@@]2(C)[C@H](C1)[C@@H](O)C[C@@H]1[C@@H]2CC[C@@]2(C)[C@H]1CCC21OCCO1. The van der Waals surface area contributed by atoms with E-state index in [1.165, 1.54) is 13.3 Å². The van der Waals surface area contributed by atoms with Crippen LogP contribution in [0.4, 0.5) is 0 Å². The molecule has 1 saturated heterocycles. The number of carbonyl (C=O) groups is 1. The molecule has 158 valence electrons. The maximum atomic E-state index is 11.4. The summed E-state index contributed by atoms with van der Waals surface area (Å²) in [6, 6.07) is 0. The summed E-state index contributed by atoms with van der Waals surface area (Å²) in [5.41, 5.74) is 0.218. The minimum absolute atomic E-state index is 0.0225. The Hall–Kier alpha value is -0.650. The number of esters is 1. The Balaban J connectivity index is 1.41. The summed E-state index contributed by atoms with van der Waals surface area (Å²) in [6.45, 7) is 7.74. The Labute approximate surface area is 168 Å². The van der Waals surface area contributed by atoms with Gasteiger partial charge in [0, 0.05) is 18.8 Å². The van der Waals surface area contributed by atoms with E-state index >= 15 is 0 Å². The predicted molar refractivity (Wildman–Crippen MR) is 103 cm³/mol. The molecule has 4 aliphatic carbocycles. The Morgan fingerprint density at radius 2 is 1.68 bits per heavy atom. The Bertz CT molecular complexity index is 643. The first-order valence-corrected chi connectivity index (χ1v) is 11.4. The minimum Gasteiger partial charge on any atom is -0.463 e. The molecule has 0 radical (unpaired) electrons. The highest BCUT2D eigenvalue weighted by atomic mass is 16.7. The number of ether oxygens (including phenoxy) is 3. The smallest absolute Gasteiger partial charge is 0.302 e. The molecule has 1 N–H and O–H groups in total. The summed E-state index contributed by atoms with van der Waals surface area (Å²) in [6.07, 6.45) is 7.88. The lowest BCUT2D eigenvalue weighted by atomic mass is 9.44. The normalized spacial score (nSPS) is 52.0.